The van der Waals surface area contributed by atoms with Crippen molar-refractivity contribution < 1.29 is 34.1 Å². The fourth-order valence-corrected chi connectivity index (χ4v) is 6.15. The van der Waals surface area contributed by atoms with Gasteiger partial charge in [-0.05, 0) is 37.7 Å². The van der Waals surface area contributed by atoms with E-state index in [-0.39, 0.29) is 42.8 Å². The molecular formula is C26H37N9O7S2. The molecule has 10 N–H and O–H groups in total. The van der Waals surface area contributed by atoms with E-state index >= 15 is 0 Å². The summed E-state index contributed by atoms with van der Waals surface area (Å²) < 4.78 is 5.08. The molecule has 1 aromatic carbocycles. The first-order valence-corrected chi connectivity index (χ1v) is 16.0. The molecule has 2 aliphatic heterocycles. The van der Waals surface area contributed by atoms with E-state index in [1.807, 2.05) is 14.1 Å². The first kappa shape index (κ1) is 34.5. The second-order valence-electron chi connectivity index (χ2n) is 9.92. The lowest BCUT2D eigenvalue weighted by molar-refractivity contribution is -0.144. The summed E-state index contributed by atoms with van der Waals surface area (Å²) in [5, 5.41) is 24.0. The number of hydrogen-bond donors (Lipinski definition) is 7. The molecule has 16 nitrogen and oxygen atoms in total. The van der Waals surface area contributed by atoms with Gasteiger partial charge in [0.25, 0.3) is 5.91 Å². The zero-order valence-electron chi connectivity index (χ0n) is 24.3. The Kier molecular flexibility index (Phi) is 12.7. The van der Waals surface area contributed by atoms with Gasteiger partial charge in [0.05, 0.1) is 12.3 Å². The molecule has 2 heterocycles. The fraction of sp³-hybridized carbons (Fsp3) is 0.462. The summed E-state index contributed by atoms with van der Waals surface area (Å²) in [7, 11) is 6.32. The molecule has 18 heteroatoms. The van der Waals surface area contributed by atoms with E-state index in [1.165, 1.54) is 21.6 Å². The van der Waals surface area contributed by atoms with E-state index in [4.69, 9.17) is 27.0 Å². The number of guanidine groups is 1. The van der Waals surface area contributed by atoms with Crippen LogP contribution in [0.2, 0.25) is 0 Å². The molecule has 1 amide bonds. The van der Waals surface area contributed by atoms with Crippen molar-refractivity contribution >= 4 is 62.8 Å². The number of aliphatic imine (C=N–C) groups is 2. The second-order valence-corrected chi connectivity index (χ2v) is 12.6. The Balaban J connectivity index is 1.44. The molecule has 3 rings (SSSR count). The number of amides is 1. The van der Waals surface area contributed by atoms with Gasteiger partial charge >= 0.3 is 17.9 Å². The number of carbonyl (C=O) groups is 4. The molecule has 44 heavy (non-hydrogen) atoms. The summed E-state index contributed by atoms with van der Waals surface area (Å²) in [4.78, 5) is 59.8. The molecule has 0 aliphatic carbocycles. The molecule has 0 aromatic heterocycles. The maximum atomic E-state index is 12.7. The van der Waals surface area contributed by atoms with E-state index in [1.54, 1.807) is 29.2 Å². The van der Waals surface area contributed by atoms with Gasteiger partial charge < -0.3 is 47.7 Å². The third-order valence-corrected chi connectivity index (χ3v) is 8.96. The molecule has 0 saturated heterocycles. The molecule has 0 spiro atoms. The van der Waals surface area contributed by atoms with Crippen molar-refractivity contribution in [2.24, 2.45) is 27.2 Å². The van der Waals surface area contributed by atoms with Crippen LogP contribution in [0.1, 0.15) is 23.2 Å². The van der Waals surface area contributed by atoms with Crippen LogP contribution in [0, 0.1) is 0 Å². The van der Waals surface area contributed by atoms with Crippen LogP contribution in [-0.4, -0.2) is 119 Å². The fourth-order valence-electron chi connectivity index (χ4n) is 4.21. The molecule has 0 bridgehead atoms. The Labute approximate surface area is 261 Å². The van der Waals surface area contributed by atoms with Crippen LogP contribution in [0.25, 0.3) is 0 Å². The number of benzene rings is 1. The van der Waals surface area contributed by atoms with Crippen molar-refractivity contribution in [3.63, 3.8) is 0 Å². The third-order valence-electron chi connectivity index (χ3n) is 6.56. The van der Waals surface area contributed by atoms with Gasteiger partial charge in [-0.15, -0.1) is 0 Å². The minimum absolute atomic E-state index is 0.0702. The quantitative estimate of drug-likeness (QED) is 0.0676. The van der Waals surface area contributed by atoms with E-state index in [0.29, 0.717) is 30.5 Å². The predicted molar refractivity (Wildman–Crippen MR) is 169 cm³/mol. The normalized spacial score (nSPS) is 18.0. The maximum Gasteiger partial charge on any atom is 0.326 e. The number of ether oxygens (including phenoxy) is 1. The highest BCUT2D eigenvalue weighted by atomic mass is 33.1. The third kappa shape index (κ3) is 9.76. The summed E-state index contributed by atoms with van der Waals surface area (Å²) in [5.41, 5.74) is 19.8. The first-order chi connectivity index (χ1) is 20.9. The first-order valence-electron chi connectivity index (χ1n) is 13.5. The van der Waals surface area contributed by atoms with Crippen molar-refractivity contribution in [3.05, 3.63) is 41.3 Å². The Morgan fingerprint density at radius 2 is 1.80 bits per heavy atom. The number of fused-ring (bicyclic) bond motifs is 1. The number of carboxylic acid groups (broad SMARTS) is 2. The Hall–Kier alpha value is -4.00. The molecule has 240 valence electrons. The van der Waals surface area contributed by atoms with E-state index in [9.17, 15) is 24.3 Å². The standard InChI is InChI=1S/C26H37N9O7S2/c1-34-12-16(31-20-21(28)33-26(29)35(2)23(20)34)11-30-15-5-3-14(4-6-15)22(37)32-18(25(40)41)7-8-19(36)42-9-10-43-44-13-17(27)24(38)39/h3-6,17-18,23,30H,7-13,27-28H2,1-2H3,(H2,29,33)(H,32,37)(H,38,39)(H,40,41)/t17-,18-,23?/m0/s1. The second kappa shape index (κ2) is 16.2. The summed E-state index contributed by atoms with van der Waals surface area (Å²) in [6.07, 6.45) is -0.567. The minimum Gasteiger partial charge on any atom is -0.480 e. The number of carbonyl (C=O) groups excluding carboxylic acids is 2. The van der Waals surface area contributed by atoms with Crippen LogP contribution in [0.5, 0.6) is 0 Å². The van der Waals surface area contributed by atoms with Gasteiger partial charge in [-0.2, -0.15) is 4.99 Å². The van der Waals surface area contributed by atoms with Crippen LogP contribution < -0.4 is 27.8 Å². The highest BCUT2D eigenvalue weighted by molar-refractivity contribution is 8.76. The van der Waals surface area contributed by atoms with Crippen LogP contribution in [0.3, 0.4) is 0 Å². The monoisotopic (exact) mass is 651 g/mol. The van der Waals surface area contributed by atoms with Gasteiger partial charge in [0, 0.05) is 42.8 Å². The van der Waals surface area contributed by atoms with Crippen molar-refractivity contribution in [1.82, 2.24) is 15.1 Å². The van der Waals surface area contributed by atoms with Gasteiger partial charge in [-0.25, -0.2) is 4.79 Å². The van der Waals surface area contributed by atoms with Gasteiger partial charge in [0.15, 0.2) is 11.8 Å². The average Bonchev–Trinajstić information content (AvgIpc) is 2.98. The molecule has 0 saturated carbocycles. The number of rotatable bonds is 16. The highest BCUT2D eigenvalue weighted by Crippen LogP contribution is 2.25. The molecule has 2 aliphatic rings. The van der Waals surface area contributed by atoms with Crippen molar-refractivity contribution in [2.75, 3.05) is 50.6 Å². The number of nitrogens with one attached hydrogen (secondary N) is 2. The molecule has 0 fully saturated rings. The number of hydrogen-bond acceptors (Lipinski definition) is 15. The topological polar surface area (TPSA) is 251 Å². The van der Waals surface area contributed by atoms with Crippen molar-refractivity contribution in [3.8, 4) is 0 Å². The highest BCUT2D eigenvalue weighted by Gasteiger charge is 2.34. The Morgan fingerprint density at radius 3 is 2.45 bits per heavy atom. The number of nitrogens with zero attached hydrogens (tertiary/aromatic N) is 4. The number of nitrogens with two attached hydrogens (primary N) is 3. The number of anilines is 1. The Bertz CT molecular complexity index is 1320. The van der Waals surface area contributed by atoms with Crippen molar-refractivity contribution in [1.29, 1.82) is 0 Å². The average molecular weight is 652 g/mol. The van der Waals surface area contributed by atoms with Crippen LogP contribution >= 0.6 is 21.6 Å². The molecule has 1 unspecified atom stereocenters. The number of aliphatic carboxylic acids is 2. The Morgan fingerprint density at radius 1 is 1.09 bits per heavy atom. The zero-order chi connectivity index (χ0) is 32.4. The van der Waals surface area contributed by atoms with Gasteiger partial charge in [-0.3, -0.25) is 24.3 Å². The van der Waals surface area contributed by atoms with E-state index < -0.39 is 35.9 Å². The summed E-state index contributed by atoms with van der Waals surface area (Å²) in [6.45, 7) is 1.05. The van der Waals surface area contributed by atoms with Crippen LogP contribution in [0.15, 0.2) is 45.8 Å². The van der Waals surface area contributed by atoms with Crippen LogP contribution in [-0.2, 0) is 19.1 Å². The molecule has 3 atom stereocenters. The lowest BCUT2D eigenvalue weighted by atomic mass is 10.1. The lowest BCUT2D eigenvalue weighted by Crippen LogP contribution is -2.56. The van der Waals surface area contributed by atoms with Crippen LogP contribution in [0.4, 0.5) is 5.69 Å². The summed E-state index contributed by atoms with van der Waals surface area (Å²) in [6, 6.07) is 4.24. The van der Waals surface area contributed by atoms with E-state index in [0.717, 1.165) is 11.4 Å². The smallest absolute Gasteiger partial charge is 0.326 e. The SMILES string of the molecule is CN1CC(CNc2ccc(C(=O)N[C@@H](CCC(=O)OCCSSC[C@H](N)C(=O)O)C(=O)O)cc2)=NC2=C(N)N=C(N)N(C)C21. The van der Waals surface area contributed by atoms with Gasteiger partial charge in [0.1, 0.15) is 30.6 Å². The molecular weight excluding hydrogens is 614 g/mol. The maximum absolute atomic E-state index is 12.7. The largest absolute Gasteiger partial charge is 0.480 e. The van der Waals surface area contributed by atoms with E-state index in [2.05, 4.69) is 25.5 Å². The van der Waals surface area contributed by atoms with Gasteiger partial charge in [-0.1, -0.05) is 21.6 Å². The summed E-state index contributed by atoms with van der Waals surface area (Å²) >= 11 is 0. The number of esters is 1. The van der Waals surface area contributed by atoms with Crippen molar-refractivity contribution in [2.45, 2.75) is 31.1 Å². The number of likely N-dealkylation sites (N-methyl/N-ethyl adjacent to an activating group) is 2. The van der Waals surface area contributed by atoms with Gasteiger partial charge in [0.2, 0.25) is 0 Å². The predicted octanol–water partition coefficient (Wildman–Crippen LogP) is -0.501. The summed E-state index contributed by atoms with van der Waals surface area (Å²) in [5.74, 6) is -2.36. The lowest BCUT2D eigenvalue weighted by Gasteiger charge is -2.41. The molecule has 1 aromatic rings. The minimum atomic E-state index is -1.29. The molecule has 0 radical (unpaired) electrons. The zero-order valence-corrected chi connectivity index (χ0v) is 25.9. The number of carboxylic acids is 2.